The number of fused-ring (bicyclic) bond motifs is 1. The second-order valence-electron chi connectivity index (χ2n) is 6.99. The molecule has 2 heterocycles. The van der Waals surface area contributed by atoms with Crippen molar-refractivity contribution in [3.8, 4) is 22.8 Å². The molecule has 0 unspecified atom stereocenters. The maximum absolute atomic E-state index is 12.3. The van der Waals surface area contributed by atoms with Crippen molar-refractivity contribution in [1.29, 1.82) is 0 Å². The summed E-state index contributed by atoms with van der Waals surface area (Å²) in [6.07, 6.45) is -6.90. The number of ether oxygens (including phenoxy) is 2. The van der Waals surface area contributed by atoms with Gasteiger partial charge in [0.2, 0.25) is 6.29 Å². The van der Waals surface area contributed by atoms with E-state index in [9.17, 15) is 30.3 Å². The summed E-state index contributed by atoms with van der Waals surface area (Å²) in [6.45, 7) is -0.555. The maximum Gasteiger partial charge on any atom is 0.229 e. The van der Waals surface area contributed by atoms with Crippen molar-refractivity contribution in [3.63, 3.8) is 0 Å². The first-order chi connectivity index (χ1) is 14.4. The molecule has 158 valence electrons. The molecule has 9 nitrogen and oxygen atoms in total. The Morgan fingerprint density at radius 1 is 0.933 bits per heavy atom. The molecule has 1 saturated heterocycles. The van der Waals surface area contributed by atoms with Crippen molar-refractivity contribution in [2.45, 2.75) is 30.7 Å². The Morgan fingerprint density at radius 3 is 2.37 bits per heavy atom. The van der Waals surface area contributed by atoms with Gasteiger partial charge in [0.15, 0.2) is 5.43 Å². The number of aromatic hydroxyl groups is 1. The Morgan fingerprint density at radius 2 is 1.67 bits per heavy atom. The smallest absolute Gasteiger partial charge is 0.229 e. The SMILES string of the molecule is O=c1cc(-c2ccc(O[C@H]3O[C@@H](CO)[C@H](O)[C@H](O)[C@@H]3O)cc2)oc2cc(O)ccc12. The van der Waals surface area contributed by atoms with Gasteiger partial charge in [-0.25, -0.2) is 0 Å². The summed E-state index contributed by atoms with van der Waals surface area (Å²) in [4.78, 5) is 12.3. The van der Waals surface area contributed by atoms with Crippen molar-refractivity contribution in [2.24, 2.45) is 0 Å². The molecule has 0 spiro atoms. The summed E-state index contributed by atoms with van der Waals surface area (Å²) in [5, 5.41) is 48.9. The van der Waals surface area contributed by atoms with E-state index in [-0.39, 0.29) is 28.3 Å². The number of aliphatic hydroxyl groups is 4. The predicted molar refractivity (Wildman–Crippen MR) is 104 cm³/mol. The number of phenolic OH excluding ortho intramolecular Hbond substituents is 1. The van der Waals surface area contributed by atoms with Gasteiger partial charge in [0.25, 0.3) is 0 Å². The third kappa shape index (κ3) is 3.76. The van der Waals surface area contributed by atoms with Crippen LogP contribution in [0.5, 0.6) is 11.5 Å². The van der Waals surface area contributed by atoms with Crippen LogP contribution in [0, 0.1) is 0 Å². The minimum atomic E-state index is -1.54. The van der Waals surface area contributed by atoms with E-state index in [2.05, 4.69) is 0 Å². The first kappa shape index (κ1) is 20.3. The Labute approximate surface area is 170 Å². The largest absolute Gasteiger partial charge is 0.508 e. The molecule has 0 bridgehead atoms. The van der Waals surface area contributed by atoms with Crippen molar-refractivity contribution < 1.29 is 39.4 Å². The molecular formula is C21H20O9. The zero-order valence-corrected chi connectivity index (χ0v) is 15.6. The zero-order valence-electron chi connectivity index (χ0n) is 15.6. The standard InChI is InChI=1S/C21H20O9/c22-9-17-18(25)19(26)20(27)21(30-17)28-12-4-1-10(2-5-12)15-8-14(24)13-6-3-11(23)7-16(13)29-15/h1-8,17-23,25-27H,9H2/t17-,18-,19-,20-,21-/m0/s1. The molecule has 0 radical (unpaired) electrons. The van der Waals surface area contributed by atoms with E-state index < -0.39 is 37.3 Å². The minimum Gasteiger partial charge on any atom is -0.508 e. The van der Waals surface area contributed by atoms with Crippen molar-refractivity contribution in [2.75, 3.05) is 6.61 Å². The van der Waals surface area contributed by atoms with E-state index in [1.807, 2.05) is 0 Å². The fourth-order valence-corrected chi connectivity index (χ4v) is 3.28. The van der Waals surface area contributed by atoms with Gasteiger partial charge < -0.3 is 39.4 Å². The van der Waals surface area contributed by atoms with Gasteiger partial charge in [-0.05, 0) is 36.4 Å². The molecule has 1 fully saturated rings. The maximum atomic E-state index is 12.3. The van der Waals surface area contributed by atoms with Crippen LogP contribution in [0.1, 0.15) is 0 Å². The van der Waals surface area contributed by atoms with E-state index in [1.165, 1.54) is 24.3 Å². The average Bonchev–Trinajstić information content (AvgIpc) is 2.74. The van der Waals surface area contributed by atoms with E-state index in [0.717, 1.165) is 0 Å². The van der Waals surface area contributed by atoms with Crippen LogP contribution in [0.2, 0.25) is 0 Å². The predicted octanol–water partition coefficient (Wildman–Crippen LogP) is 0.344. The molecule has 30 heavy (non-hydrogen) atoms. The number of phenols is 1. The number of rotatable bonds is 4. The lowest BCUT2D eigenvalue weighted by atomic mass is 9.99. The van der Waals surface area contributed by atoms with Gasteiger partial charge in [-0.15, -0.1) is 0 Å². The highest BCUT2D eigenvalue weighted by Crippen LogP contribution is 2.28. The van der Waals surface area contributed by atoms with E-state index >= 15 is 0 Å². The van der Waals surface area contributed by atoms with Crippen LogP contribution in [0.4, 0.5) is 0 Å². The molecule has 4 rings (SSSR count). The van der Waals surface area contributed by atoms with Gasteiger partial charge >= 0.3 is 0 Å². The summed E-state index contributed by atoms with van der Waals surface area (Å²) >= 11 is 0. The Balaban J connectivity index is 1.56. The second kappa shape index (κ2) is 8.05. The molecule has 9 heteroatoms. The fraction of sp³-hybridized carbons (Fsp3) is 0.286. The molecule has 1 aliphatic heterocycles. The lowest BCUT2D eigenvalue weighted by molar-refractivity contribution is -0.277. The molecule has 5 N–H and O–H groups in total. The van der Waals surface area contributed by atoms with Gasteiger partial charge in [-0.2, -0.15) is 0 Å². The molecule has 1 aromatic heterocycles. The van der Waals surface area contributed by atoms with E-state index in [0.29, 0.717) is 10.9 Å². The summed E-state index contributed by atoms with van der Waals surface area (Å²) in [6, 6.07) is 11.9. The highest BCUT2D eigenvalue weighted by Gasteiger charge is 2.44. The minimum absolute atomic E-state index is 0.0222. The number of hydrogen-bond acceptors (Lipinski definition) is 9. The van der Waals surface area contributed by atoms with Crippen LogP contribution in [-0.4, -0.2) is 62.8 Å². The summed E-state index contributed by atoms with van der Waals surface area (Å²) in [7, 11) is 0. The normalized spacial score (nSPS) is 26.6. The van der Waals surface area contributed by atoms with Crippen molar-refractivity contribution in [1.82, 2.24) is 0 Å². The molecule has 0 saturated carbocycles. The first-order valence-electron chi connectivity index (χ1n) is 9.22. The molecular weight excluding hydrogens is 396 g/mol. The Hall–Kier alpha value is -2.95. The zero-order chi connectivity index (χ0) is 21.4. The fourth-order valence-electron chi connectivity index (χ4n) is 3.28. The third-order valence-electron chi connectivity index (χ3n) is 4.95. The van der Waals surface area contributed by atoms with Gasteiger partial charge in [-0.1, -0.05) is 0 Å². The van der Waals surface area contributed by atoms with E-state index in [1.54, 1.807) is 24.3 Å². The monoisotopic (exact) mass is 416 g/mol. The molecule has 5 atom stereocenters. The lowest BCUT2D eigenvalue weighted by Crippen LogP contribution is -2.60. The topological polar surface area (TPSA) is 150 Å². The van der Waals surface area contributed by atoms with Crippen LogP contribution >= 0.6 is 0 Å². The van der Waals surface area contributed by atoms with Crippen molar-refractivity contribution in [3.05, 3.63) is 58.8 Å². The van der Waals surface area contributed by atoms with Gasteiger partial charge in [0.05, 0.1) is 12.0 Å². The molecule has 2 aromatic carbocycles. The summed E-state index contributed by atoms with van der Waals surface area (Å²) < 4.78 is 16.6. The van der Waals surface area contributed by atoms with Crippen LogP contribution < -0.4 is 10.2 Å². The number of benzene rings is 2. The summed E-state index contributed by atoms with van der Waals surface area (Å²) in [5.74, 6) is 0.549. The van der Waals surface area contributed by atoms with Gasteiger partial charge in [0, 0.05) is 17.7 Å². The summed E-state index contributed by atoms with van der Waals surface area (Å²) in [5.41, 5.74) is 0.561. The van der Waals surface area contributed by atoms with Crippen LogP contribution in [0.15, 0.2) is 57.7 Å². The molecule has 0 amide bonds. The Kier molecular flexibility index (Phi) is 5.46. The average molecular weight is 416 g/mol. The van der Waals surface area contributed by atoms with Gasteiger partial charge in [-0.3, -0.25) is 4.79 Å². The first-order valence-corrected chi connectivity index (χ1v) is 9.22. The highest BCUT2D eigenvalue weighted by atomic mass is 16.7. The number of aliphatic hydroxyl groups excluding tert-OH is 4. The molecule has 3 aromatic rings. The molecule has 0 aliphatic carbocycles. The van der Waals surface area contributed by atoms with Crippen LogP contribution in [0.25, 0.3) is 22.3 Å². The highest BCUT2D eigenvalue weighted by molar-refractivity contribution is 5.80. The quantitative estimate of drug-likeness (QED) is 0.406. The van der Waals surface area contributed by atoms with Crippen LogP contribution in [-0.2, 0) is 4.74 Å². The number of hydrogen-bond donors (Lipinski definition) is 5. The van der Waals surface area contributed by atoms with Gasteiger partial charge in [0.1, 0.15) is 47.3 Å². The lowest BCUT2D eigenvalue weighted by Gasteiger charge is -2.39. The third-order valence-corrected chi connectivity index (χ3v) is 4.95. The van der Waals surface area contributed by atoms with E-state index in [4.69, 9.17) is 13.9 Å². The van der Waals surface area contributed by atoms with Crippen LogP contribution in [0.3, 0.4) is 0 Å². The molecule has 1 aliphatic rings. The van der Waals surface area contributed by atoms with Crippen molar-refractivity contribution >= 4 is 11.0 Å². The Bertz CT molecular complexity index is 1090. The second-order valence-corrected chi connectivity index (χ2v) is 6.99.